The summed E-state index contributed by atoms with van der Waals surface area (Å²) in [6.07, 6.45) is 9.11. The number of carbonyl (C=O) groups excluding carboxylic acids is 1. The third-order valence-electron chi connectivity index (χ3n) is 3.77. The number of rotatable bonds is 12. The van der Waals surface area contributed by atoms with Gasteiger partial charge in [0.2, 0.25) is 0 Å². The van der Waals surface area contributed by atoms with Crippen LogP contribution in [-0.2, 0) is 8.58 Å². The van der Waals surface area contributed by atoms with Gasteiger partial charge in [-0.1, -0.05) is 76.8 Å². The zero-order valence-electron chi connectivity index (χ0n) is 13.5. The van der Waals surface area contributed by atoms with Crippen LogP contribution in [0.4, 0.5) is 0 Å². The molecule has 0 aromatic carbocycles. The maximum absolute atomic E-state index is 12.2. The Hall–Kier alpha value is 0.00247. The monoisotopic (exact) mass is 284 g/mol. The van der Waals surface area contributed by atoms with Gasteiger partial charge in [-0.2, -0.15) is 0 Å². The quantitative estimate of drug-likeness (QED) is 0.452. The molecule has 0 N–H and O–H groups in total. The summed E-state index contributed by atoms with van der Waals surface area (Å²) in [5.41, 5.74) is 0. The Kier molecular flexibility index (Phi) is 13.0. The number of hydrogen-bond acceptors (Lipinski definition) is 2. The molecule has 0 aliphatic rings. The highest BCUT2D eigenvalue weighted by molar-refractivity contribution is 6.53. The summed E-state index contributed by atoms with van der Waals surface area (Å²) in [4.78, 5) is 12.2. The van der Waals surface area contributed by atoms with E-state index in [1.54, 1.807) is 0 Å². The van der Waals surface area contributed by atoms with E-state index in [0.717, 1.165) is 25.7 Å². The van der Waals surface area contributed by atoms with Crippen molar-refractivity contribution in [3.05, 3.63) is 0 Å². The molecule has 0 saturated carbocycles. The average molecular weight is 284 g/mol. The van der Waals surface area contributed by atoms with Crippen molar-refractivity contribution < 1.29 is 8.58 Å². The second-order valence-corrected chi connectivity index (χ2v) is 8.23. The van der Waals surface area contributed by atoms with Crippen LogP contribution in [0, 0.1) is 5.92 Å². The maximum atomic E-state index is 12.2. The zero-order valence-corrected chi connectivity index (χ0v) is 14.7. The Morgan fingerprint density at radius 3 is 1.89 bits per heavy atom. The summed E-state index contributed by atoms with van der Waals surface area (Å²) in [7, 11) is 0. The lowest BCUT2D eigenvalue weighted by Crippen LogP contribution is -2.27. The molecular formula is C16H33AlO2. The van der Waals surface area contributed by atoms with Crippen LogP contribution in [0.5, 0.6) is 0 Å². The first kappa shape index (κ1) is 19.0. The highest BCUT2D eigenvalue weighted by Crippen LogP contribution is 2.18. The van der Waals surface area contributed by atoms with Crippen molar-refractivity contribution in [3.63, 3.8) is 0 Å². The summed E-state index contributed by atoms with van der Waals surface area (Å²) < 4.78 is 5.90. The van der Waals surface area contributed by atoms with Gasteiger partial charge in [-0.3, -0.25) is 4.79 Å². The first-order chi connectivity index (χ1) is 9.19. The third-order valence-corrected chi connectivity index (χ3v) is 6.44. The molecule has 0 aromatic heterocycles. The SMILES string of the molecule is CCCCC(CC)C(=O)[O][Al]([CH2]CCC)[CH2]CCC. The Morgan fingerprint density at radius 1 is 0.947 bits per heavy atom. The van der Waals surface area contributed by atoms with Gasteiger partial charge in [0.25, 0.3) is 5.97 Å². The van der Waals surface area contributed by atoms with Crippen molar-refractivity contribution in [3.8, 4) is 0 Å². The van der Waals surface area contributed by atoms with Crippen LogP contribution in [0.2, 0.25) is 10.6 Å². The first-order valence-electron chi connectivity index (χ1n) is 8.39. The van der Waals surface area contributed by atoms with Crippen molar-refractivity contribution in [2.75, 3.05) is 0 Å². The van der Waals surface area contributed by atoms with Gasteiger partial charge in [0.1, 0.15) is 0 Å². The molecule has 112 valence electrons. The Balaban J connectivity index is 4.23. The van der Waals surface area contributed by atoms with E-state index >= 15 is 0 Å². The second kappa shape index (κ2) is 13.0. The predicted molar refractivity (Wildman–Crippen MR) is 84.6 cm³/mol. The Labute approximate surface area is 125 Å². The number of carbonyl (C=O) groups is 1. The van der Waals surface area contributed by atoms with Crippen LogP contribution >= 0.6 is 0 Å². The van der Waals surface area contributed by atoms with Crippen LogP contribution < -0.4 is 0 Å². The standard InChI is InChI=1S/C8H16O2.2C4H9.Al/c1-3-5-6-7(4-2)8(9)10;2*1-3-4-2;/h7H,3-6H2,1-2H3,(H,9,10);2*1,3-4H2,2H3;/q;;;+1/p-1. The van der Waals surface area contributed by atoms with E-state index in [1.807, 2.05) is 0 Å². The summed E-state index contributed by atoms with van der Waals surface area (Å²) in [6, 6.07) is 0. The molecule has 1 unspecified atom stereocenters. The van der Waals surface area contributed by atoms with Gasteiger partial charge in [0.15, 0.2) is 0 Å². The normalized spacial score (nSPS) is 12.2. The van der Waals surface area contributed by atoms with Gasteiger partial charge >= 0.3 is 14.5 Å². The van der Waals surface area contributed by atoms with Crippen LogP contribution in [0.15, 0.2) is 0 Å². The third kappa shape index (κ3) is 9.52. The van der Waals surface area contributed by atoms with Gasteiger partial charge in [0, 0.05) is 0 Å². The second-order valence-electron chi connectivity index (χ2n) is 5.59. The molecule has 0 rings (SSSR count). The zero-order chi connectivity index (χ0) is 14.5. The van der Waals surface area contributed by atoms with Crippen LogP contribution in [-0.4, -0.2) is 20.5 Å². The molecule has 2 nitrogen and oxygen atoms in total. The lowest BCUT2D eigenvalue weighted by Gasteiger charge is -2.19. The fourth-order valence-electron chi connectivity index (χ4n) is 2.33. The molecule has 1 atom stereocenters. The van der Waals surface area contributed by atoms with E-state index in [1.165, 1.54) is 36.2 Å². The van der Waals surface area contributed by atoms with Crippen LogP contribution in [0.3, 0.4) is 0 Å². The lowest BCUT2D eigenvalue weighted by atomic mass is 10.00. The lowest BCUT2D eigenvalue weighted by molar-refractivity contribution is -0.139. The smallest absolute Gasteiger partial charge is 0.548 e. The predicted octanol–water partition coefficient (Wildman–Crippen LogP) is 5.34. The highest BCUT2D eigenvalue weighted by Gasteiger charge is 2.27. The van der Waals surface area contributed by atoms with E-state index in [4.69, 9.17) is 3.79 Å². The molecule has 0 spiro atoms. The van der Waals surface area contributed by atoms with Crippen molar-refractivity contribution in [2.24, 2.45) is 5.92 Å². The maximum Gasteiger partial charge on any atom is 0.548 e. The fraction of sp³-hybridized carbons (Fsp3) is 0.938. The molecule has 0 aliphatic carbocycles. The average Bonchev–Trinajstić information content (AvgIpc) is 2.42. The molecule has 19 heavy (non-hydrogen) atoms. The highest BCUT2D eigenvalue weighted by atomic mass is 27.2. The van der Waals surface area contributed by atoms with Crippen molar-refractivity contribution in [1.29, 1.82) is 0 Å². The van der Waals surface area contributed by atoms with E-state index in [-0.39, 0.29) is 11.9 Å². The Bertz CT molecular complexity index is 211. The van der Waals surface area contributed by atoms with Gasteiger partial charge in [-0.25, -0.2) is 0 Å². The van der Waals surface area contributed by atoms with Crippen LogP contribution in [0.1, 0.15) is 79.1 Å². The minimum atomic E-state index is -1.28. The van der Waals surface area contributed by atoms with Crippen LogP contribution in [0.25, 0.3) is 0 Å². The van der Waals surface area contributed by atoms with Gasteiger partial charge < -0.3 is 3.79 Å². The summed E-state index contributed by atoms with van der Waals surface area (Å²) in [5, 5.41) is 2.35. The molecule has 0 bridgehead atoms. The molecule has 0 fully saturated rings. The minimum absolute atomic E-state index is 0.111. The molecular weight excluding hydrogens is 251 g/mol. The molecule has 0 radical (unpaired) electrons. The topological polar surface area (TPSA) is 26.3 Å². The van der Waals surface area contributed by atoms with Crippen molar-refractivity contribution in [2.45, 2.75) is 89.6 Å². The number of hydrogen-bond donors (Lipinski definition) is 0. The molecule has 3 heteroatoms. The van der Waals surface area contributed by atoms with Gasteiger partial charge in [-0.15, -0.1) is 0 Å². The van der Waals surface area contributed by atoms with Gasteiger partial charge in [-0.05, 0) is 12.8 Å². The number of unbranched alkanes of at least 4 members (excludes halogenated alkanes) is 3. The fourth-order valence-corrected chi connectivity index (χ4v) is 5.10. The van der Waals surface area contributed by atoms with Crippen molar-refractivity contribution in [1.82, 2.24) is 0 Å². The van der Waals surface area contributed by atoms with Crippen molar-refractivity contribution >= 4 is 20.5 Å². The summed E-state index contributed by atoms with van der Waals surface area (Å²) in [5.74, 6) is 0.262. The summed E-state index contributed by atoms with van der Waals surface area (Å²) in [6.45, 7) is 8.71. The molecule has 0 heterocycles. The largest absolute Gasteiger partial charge is 0.616 e. The molecule has 0 saturated heterocycles. The molecule has 0 amide bonds. The van der Waals surface area contributed by atoms with E-state index in [2.05, 4.69) is 27.7 Å². The van der Waals surface area contributed by atoms with Gasteiger partial charge in [0.05, 0.1) is 5.92 Å². The Morgan fingerprint density at radius 2 is 1.47 bits per heavy atom. The van der Waals surface area contributed by atoms with E-state index in [9.17, 15) is 4.79 Å². The summed E-state index contributed by atoms with van der Waals surface area (Å²) >= 11 is -1.28. The minimum Gasteiger partial charge on any atom is -0.616 e. The molecule has 0 aliphatic heterocycles. The van der Waals surface area contributed by atoms with E-state index in [0.29, 0.717) is 0 Å². The molecule has 0 aromatic rings. The first-order valence-corrected chi connectivity index (χ1v) is 10.5. The van der Waals surface area contributed by atoms with E-state index < -0.39 is 14.5 Å².